The summed E-state index contributed by atoms with van der Waals surface area (Å²) in [6.45, 7) is 4.38. The molecule has 1 aliphatic heterocycles. The third-order valence-corrected chi connectivity index (χ3v) is 2.70. The van der Waals surface area contributed by atoms with E-state index in [9.17, 15) is 4.39 Å². The molecule has 4 heteroatoms. The number of benzene rings is 1. The van der Waals surface area contributed by atoms with Gasteiger partial charge in [-0.2, -0.15) is 0 Å². The van der Waals surface area contributed by atoms with Crippen LogP contribution in [0.25, 0.3) is 0 Å². The molecule has 1 N–H and O–H groups in total. The molecule has 0 aliphatic carbocycles. The molecule has 1 aromatic carbocycles. The molecule has 1 unspecified atom stereocenters. The lowest BCUT2D eigenvalue weighted by atomic mass is 10.2. The average molecular weight is 239 g/mol. The van der Waals surface area contributed by atoms with E-state index in [1.807, 2.05) is 0 Å². The Balaban J connectivity index is 1.85. The SMILES string of the molecule is CCCCNCC1COc2ccc(F)cc2O1. The predicted octanol–water partition coefficient (Wildman–Crippen LogP) is 2.36. The molecule has 0 fully saturated rings. The van der Waals surface area contributed by atoms with Gasteiger partial charge in [0.15, 0.2) is 11.5 Å². The van der Waals surface area contributed by atoms with Crippen LogP contribution in [-0.4, -0.2) is 25.8 Å². The molecule has 2 rings (SSSR count). The van der Waals surface area contributed by atoms with Gasteiger partial charge in [-0.05, 0) is 25.1 Å². The van der Waals surface area contributed by atoms with Crippen LogP contribution in [-0.2, 0) is 0 Å². The van der Waals surface area contributed by atoms with Gasteiger partial charge in [0.05, 0.1) is 0 Å². The van der Waals surface area contributed by atoms with E-state index in [2.05, 4.69) is 12.2 Å². The summed E-state index contributed by atoms with van der Waals surface area (Å²) in [5, 5.41) is 3.30. The van der Waals surface area contributed by atoms with E-state index in [0.29, 0.717) is 18.1 Å². The van der Waals surface area contributed by atoms with Gasteiger partial charge in [0.25, 0.3) is 0 Å². The zero-order chi connectivity index (χ0) is 12.1. The van der Waals surface area contributed by atoms with E-state index >= 15 is 0 Å². The van der Waals surface area contributed by atoms with Gasteiger partial charge in [-0.1, -0.05) is 13.3 Å². The van der Waals surface area contributed by atoms with E-state index in [1.54, 1.807) is 6.07 Å². The standard InChI is InChI=1S/C13H18FNO2/c1-2-3-6-15-8-11-9-16-12-5-4-10(14)7-13(12)17-11/h4-5,7,11,15H,2-3,6,8-9H2,1H3. The van der Waals surface area contributed by atoms with Crippen molar-refractivity contribution in [2.75, 3.05) is 19.7 Å². The lowest BCUT2D eigenvalue weighted by molar-refractivity contribution is 0.0899. The van der Waals surface area contributed by atoms with E-state index in [1.165, 1.54) is 18.6 Å². The zero-order valence-electron chi connectivity index (χ0n) is 10.0. The summed E-state index contributed by atoms with van der Waals surface area (Å²) in [4.78, 5) is 0. The second-order valence-corrected chi connectivity index (χ2v) is 4.20. The summed E-state index contributed by atoms with van der Waals surface area (Å²) in [6.07, 6.45) is 2.28. The van der Waals surface area contributed by atoms with Crippen LogP contribution >= 0.6 is 0 Å². The third kappa shape index (κ3) is 3.33. The summed E-state index contributed by atoms with van der Waals surface area (Å²) in [7, 11) is 0. The molecule has 1 aliphatic rings. The van der Waals surface area contributed by atoms with Crippen LogP contribution in [0, 0.1) is 5.82 Å². The van der Waals surface area contributed by atoms with Crippen molar-refractivity contribution < 1.29 is 13.9 Å². The minimum Gasteiger partial charge on any atom is -0.486 e. The van der Waals surface area contributed by atoms with Crippen LogP contribution in [0.1, 0.15) is 19.8 Å². The number of halogens is 1. The Bertz CT molecular complexity index is 370. The van der Waals surface area contributed by atoms with Gasteiger partial charge in [0.2, 0.25) is 0 Å². The van der Waals surface area contributed by atoms with Crippen LogP contribution in [0.5, 0.6) is 11.5 Å². The first kappa shape index (κ1) is 12.2. The molecule has 0 spiro atoms. The molecule has 0 saturated carbocycles. The number of unbranched alkanes of at least 4 members (excludes halogenated alkanes) is 1. The van der Waals surface area contributed by atoms with Crippen molar-refractivity contribution in [1.82, 2.24) is 5.32 Å². The second-order valence-electron chi connectivity index (χ2n) is 4.20. The van der Waals surface area contributed by atoms with Gasteiger partial charge in [-0.25, -0.2) is 4.39 Å². The van der Waals surface area contributed by atoms with Crippen molar-refractivity contribution in [3.05, 3.63) is 24.0 Å². The first-order chi connectivity index (χ1) is 8.29. The van der Waals surface area contributed by atoms with Gasteiger partial charge >= 0.3 is 0 Å². The largest absolute Gasteiger partial charge is 0.486 e. The Kier molecular flexibility index (Phi) is 4.20. The normalized spacial score (nSPS) is 18.1. The highest BCUT2D eigenvalue weighted by Crippen LogP contribution is 2.31. The number of hydrogen-bond donors (Lipinski definition) is 1. The second kappa shape index (κ2) is 5.87. The van der Waals surface area contributed by atoms with Crippen LogP contribution in [0.15, 0.2) is 18.2 Å². The predicted molar refractivity (Wildman–Crippen MR) is 64.1 cm³/mol. The maximum Gasteiger partial charge on any atom is 0.164 e. The van der Waals surface area contributed by atoms with E-state index in [0.717, 1.165) is 19.5 Å². The molecule has 1 heterocycles. The van der Waals surface area contributed by atoms with Crippen molar-refractivity contribution in [3.8, 4) is 11.5 Å². The van der Waals surface area contributed by atoms with Crippen molar-refractivity contribution in [2.45, 2.75) is 25.9 Å². The lowest BCUT2D eigenvalue weighted by Gasteiger charge is -2.26. The quantitative estimate of drug-likeness (QED) is 0.800. The Hall–Kier alpha value is -1.29. The fraction of sp³-hybridized carbons (Fsp3) is 0.538. The Morgan fingerprint density at radius 1 is 1.41 bits per heavy atom. The number of rotatable bonds is 5. The fourth-order valence-electron chi connectivity index (χ4n) is 1.75. The van der Waals surface area contributed by atoms with Gasteiger partial charge in [-0.15, -0.1) is 0 Å². The van der Waals surface area contributed by atoms with Gasteiger partial charge in [-0.3, -0.25) is 0 Å². The van der Waals surface area contributed by atoms with E-state index < -0.39 is 0 Å². The van der Waals surface area contributed by atoms with Crippen LogP contribution in [0.3, 0.4) is 0 Å². The summed E-state index contributed by atoms with van der Waals surface area (Å²) >= 11 is 0. The summed E-state index contributed by atoms with van der Waals surface area (Å²) in [5.74, 6) is 0.821. The van der Waals surface area contributed by atoms with E-state index in [-0.39, 0.29) is 11.9 Å². The molecule has 94 valence electrons. The van der Waals surface area contributed by atoms with Crippen molar-refractivity contribution in [3.63, 3.8) is 0 Å². The number of hydrogen-bond acceptors (Lipinski definition) is 3. The summed E-state index contributed by atoms with van der Waals surface area (Å²) < 4.78 is 24.2. The maximum absolute atomic E-state index is 13.0. The first-order valence-corrected chi connectivity index (χ1v) is 6.09. The highest BCUT2D eigenvalue weighted by Gasteiger charge is 2.20. The first-order valence-electron chi connectivity index (χ1n) is 6.09. The Labute approximate surface area is 101 Å². The molecule has 3 nitrogen and oxygen atoms in total. The smallest absolute Gasteiger partial charge is 0.164 e. The molecular weight excluding hydrogens is 221 g/mol. The highest BCUT2D eigenvalue weighted by molar-refractivity contribution is 5.41. The summed E-state index contributed by atoms with van der Waals surface area (Å²) in [5.41, 5.74) is 0. The van der Waals surface area contributed by atoms with Crippen molar-refractivity contribution >= 4 is 0 Å². The lowest BCUT2D eigenvalue weighted by Crippen LogP contribution is -2.38. The van der Waals surface area contributed by atoms with Crippen LogP contribution in [0.4, 0.5) is 4.39 Å². The molecule has 1 atom stereocenters. The van der Waals surface area contributed by atoms with E-state index in [4.69, 9.17) is 9.47 Å². The molecule has 1 aromatic rings. The minimum atomic E-state index is -0.299. The third-order valence-electron chi connectivity index (χ3n) is 2.70. The molecule has 17 heavy (non-hydrogen) atoms. The van der Waals surface area contributed by atoms with Crippen LogP contribution < -0.4 is 14.8 Å². The Morgan fingerprint density at radius 2 is 2.29 bits per heavy atom. The number of fused-ring (bicyclic) bond motifs is 1. The molecule has 0 radical (unpaired) electrons. The average Bonchev–Trinajstić information content (AvgIpc) is 2.34. The number of nitrogens with one attached hydrogen (secondary N) is 1. The van der Waals surface area contributed by atoms with Gasteiger partial charge in [0, 0.05) is 12.6 Å². The monoisotopic (exact) mass is 239 g/mol. The van der Waals surface area contributed by atoms with Crippen molar-refractivity contribution in [1.29, 1.82) is 0 Å². The number of ether oxygens (including phenoxy) is 2. The zero-order valence-corrected chi connectivity index (χ0v) is 10.0. The molecule has 0 amide bonds. The molecular formula is C13H18FNO2. The molecule has 0 saturated heterocycles. The topological polar surface area (TPSA) is 30.5 Å². The maximum atomic E-state index is 13.0. The highest BCUT2D eigenvalue weighted by atomic mass is 19.1. The van der Waals surface area contributed by atoms with Gasteiger partial charge in [0.1, 0.15) is 18.5 Å². The fourth-order valence-corrected chi connectivity index (χ4v) is 1.75. The minimum absolute atomic E-state index is 0.0406. The molecule has 0 bridgehead atoms. The summed E-state index contributed by atoms with van der Waals surface area (Å²) in [6, 6.07) is 4.35. The van der Waals surface area contributed by atoms with Crippen LogP contribution in [0.2, 0.25) is 0 Å². The Morgan fingerprint density at radius 3 is 3.12 bits per heavy atom. The van der Waals surface area contributed by atoms with Gasteiger partial charge < -0.3 is 14.8 Å². The molecule has 0 aromatic heterocycles. The van der Waals surface area contributed by atoms with Crippen molar-refractivity contribution in [2.24, 2.45) is 0 Å².